The Bertz CT molecular complexity index is 854. The number of anilines is 1. The molecule has 2 atom stereocenters. The van der Waals surface area contributed by atoms with Crippen LogP contribution >= 0.6 is 0 Å². The van der Waals surface area contributed by atoms with Crippen LogP contribution in [0.1, 0.15) is 38.3 Å². The topological polar surface area (TPSA) is 41.5 Å². The molecule has 1 aliphatic heterocycles. The zero-order chi connectivity index (χ0) is 17.6. The van der Waals surface area contributed by atoms with Crippen molar-refractivity contribution >= 4 is 22.9 Å². The fraction of sp³-hybridized carbons (Fsp3) is 0.333. The molecular formula is C21H21FN2O. The van der Waals surface area contributed by atoms with Crippen molar-refractivity contribution in [3.63, 3.8) is 0 Å². The van der Waals surface area contributed by atoms with E-state index in [0.29, 0.717) is 6.42 Å². The number of para-hydroxylation sites is 2. The van der Waals surface area contributed by atoms with E-state index in [-0.39, 0.29) is 29.0 Å². The van der Waals surface area contributed by atoms with Crippen LogP contribution in [0.4, 0.5) is 15.8 Å². The van der Waals surface area contributed by atoms with Gasteiger partial charge in [0.2, 0.25) is 0 Å². The molecule has 128 valence electrons. The van der Waals surface area contributed by atoms with Crippen molar-refractivity contribution in [2.75, 3.05) is 5.32 Å². The smallest absolute Gasteiger partial charge is 0.144 e. The molecule has 2 aliphatic rings. The summed E-state index contributed by atoms with van der Waals surface area (Å²) in [5, 5.41) is 3.49. The summed E-state index contributed by atoms with van der Waals surface area (Å²) in [6.07, 6.45) is 1.32. The number of nitrogens with one attached hydrogen (secondary N) is 1. The van der Waals surface area contributed by atoms with E-state index in [0.717, 1.165) is 29.1 Å². The van der Waals surface area contributed by atoms with Crippen molar-refractivity contribution in [1.82, 2.24) is 0 Å². The molecular weight excluding hydrogens is 315 g/mol. The molecule has 0 saturated heterocycles. The molecule has 1 aliphatic carbocycles. The number of nitrogens with zero attached hydrogens (tertiary/aromatic N) is 1. The van der Waals surface area contributed by atoms with Crippen LogP contribution in [-0.4, -0.2) is 11.5 Å². The van der Waals surface area contributed by atoms with Gasteiger partial charge in [0.1, 0.15) is 11.6 Å². The average molecular weight is 336 g/mol. The van der Waals surface area contributed by atoms with E-state index in [2.05, 4.69) is 19.2 Å². The molecule has 4 heteroatoms. The van der Waals surface area contributed by atoms with E-state index in [9.17, 15) is 9.18 Å². The third-order valence-electron chi connectivity index (χ3n) is 5.06. The van der Waals surface area contributed by atoms with Crippen LogP contribution in [0.3, 0.4) is 0 Å². The number of rotatable bonds is 1. The number of aliphatic imine (C=N–C) groups is 1. The lowest BCUT2D eigenvalue weighted by atomic mass is 9.68. The minimum Gasteiger partial charge on any atom is -0.375 e. The Hall–Kier alpha value is -2.49. The maximum absolute atomic E-state index is 13.4. The molecule has 0 spiro atoms. The Kier molecular flexibility index (Phi) is 3.71. The molecule has 0 amide bonds. The van der Waals surface area contributed by atoms with E-state index in [1.807, 2.05) is 24.3 Å². The highest BCUT2D eigenvalue weighted by atomic mass is 19.1. The molecule has 1 saturated carbocycles. The van der Waals surface area contributed by atoms with Gasteiger partial charge in [-0.3, -0.25) is 9.79 Å². The van der Waals surface area contributed by atoms with Crippen molar-refractivity contribution < 1.29 is 9.18 Å². The van der Waals surface area contributed by atoms with Gasteiger partial charge in [0.15, 0.2) is 0 Å². The first-order chi connectivity index (χ1) is 11.9. The highest BCUT2D eigenvalue weighted by Crippen LogP contribution is 2.44. The molecule has 0 bridgehead atoms. The van der Waals surface area contributed by atoms with Crippen LogP contribution < -0.4 is 5.32 Å². The largest absolute Gasteiger partial charge is 0.375 e. The lowest BCUT2D eigenvalue weighted by Crippen LogP contribution is -2.42. The summed E-state index contributed by atoms with van der Waals surface area (Å²) in [6, 6.07) is 14.0. The zero-order valence-electron chi connectivity index (χ0n) is 14.4. The van der Waals surface area contributed by atoms with Crippen molar-refractivity contribution in [3.05, 3.63) is 59.9 Å². The highest BCUT2D eigenvalue weighted by Gasteiger charge is 2.43. The van der Waals surface area contributed by atoms with E-state index in [1.54, 1.807) is 12.1 Å². The molecule has 0 radical (unpaired) electrons. The van der Waals surface area contributed by atoms with Gasteiger partial charge in [-0.2, -0.15) is 0 Å². The molecule has 2 aromatic rings. The first-order valence-electron chi connectivity index (χ1n) is 8.64. The predicted molar refractivity (Wildman–Crippen MR) is 97.8 cm³/mol. The van der Waals surface area contributed by atoms with Crippen LogP contribution in [0.2, 0.25) is 0 Å². The quantitative estimate of drug-likeness (QED) is 0.790. The van der Waals surface area contributed by atoms with E-state index in [1.165, 1.54) is 12.1 Å². The second kappa shape index (κ2) is 5.80. The molecule has 1 fully saturated rings. The fourth-order valence-corrected chi connectivity index (χ4v) is 3.96. The number of benzene rings is 2. The van der Waals surface area contributed by atoms with Gasteiger partial charge in [-0.05, 0) is 41.7 Å². The van der Waals surface area contributed by atoms with Gasteiger partial charge in [-0.1, -0.05) is 38.1 Å². The first-order valence-corrected chi connectivity index (χ1v) is 8.64. The average Bonchev–Trinajstić information content (AvgIpc) is 2.70. The highest BCUT2D eigenvalue weighted by molar-refractivity contribution is 6.10. The maximum Gasteiger partial charge on any atom is 0.144 e. The Morgan fingerprint density at radius 2 is 1.80 bits per heavy atom. The third kappa shape index (κ3) is 2.97. The number of ketones is 1. The maximum atomic E-state index is 13.4. The first kappa shape index (κ1) is 16.0. The molecule has 3 nitrogen and oxygen atoms in total. The molecule has 1 N–H and O–H groups in total. The normalized spacial score (nSPS) is 24.4. The van der Waals surface area contributed by atoms with E-state index >= 15 is 0 Å². The summed E-state index contributed by atoms with van der Waals surface area (Å²) >= 11 is 0. The van der Waals surface area contributed by atoms with Gasteiger partial charge < -0.3 is 5.32 Å². The van der Waals surface area contributed by atoms with Crippen molar-refractivity contribution in [1.29, 1.82) is 0 Å². The molecule has 2 aromatic carbocycles. The van der Waals surface area contributed by atoms with Gasteiger partial charge in [-0.15, -0.1) is 0 Å². The number of hydrogen-bond acceptors (Lipinski definition) is 3. The second-order valence-corrected chi connectivity index (χ2v) is 7.76. The van der Waals surface area contributed by atoms with Gasteiger partial charge in [0.05, 0.1) is 23.3 Å². The molecule has 1 heterocycles. The molecule has 25 heavy (non-hydrogen) atoms. The Labute approximate surface area is 147 Å². The molecule has 1 unspecified atom stereocenters. The molecule has 0 aromatic heterocycles. The lowest BCUT2D eigenvalue weighted by Gasteiger charge is -2.37. The monoisotopic (exact) mass is 336 g/mol. The van der Waals surface area contributed by atoms with Gasteiger partial charge in [0.25, 0.3) is 0 Å². The summed E-state index contributed by atoms with van der Waals surface area (Å²) in [4.78, 5) is 17.9. The van der Waals surface area contributed by atoms with Gasteiger partial charge in [0, 0.05) is 12.1 Å². The van der Waals surface area contributed by atoms with Crippen LogP contribution in [0, 0.1) is 17.2 Å². The number of hydrogen-bond donors (Lipinski definition) is 1. The Morgan fingerprint density at radius 3 is 2.56 bits per heavy atom. The summed E-state index contributed by atoms with van der Waals surface area (Å²) in [5.74, 6) is -0.390. The Morgan fingerprint density at radius 1 is 1.08 bits per heavy atom. The van der Waals surface area contributed by atoms with Crippen LogP contribution in [0.5, 0.6) is 0 Å². The summed E-state index contributed by atoms with van der Waals surface area (Å²) in [5.41, 5.74) is 3.51. The number of halogens is 1. The SMILES string of the molecule is CC1(C)CC(=O)C2C(=Nc3ccccc3N[C@@H]2c2ccc(F)cc2)C1. The summed E-state index contributed by atoms with van der Waals surface area (Å²) < 4.78 is 13.4. The predicted octanol–water partition coefficient (Wildman–Crippen LogP) is 5.07. The minimum absolute atomic E-state index is 0.0843. The van der Waals surface area contributed by atoms with Crippen LogP contribution in [0.15, 0.2) is 53.5 Å². The second-order valence-electron chi connectivity index (χ2n) is 7.76. The van der Waals surface area contributed by atoms with E-state index < -0.39 is 0 Å². The lowest BCUT2D eigenvalue weighted by molar-refractivity contribution is -0.124. The molecule has 4 rings (SSSR count). The Balaban J connectivity index is 1.86. The zero-order valence-corrected chi connectivity index (χ0v) is 14.4. The van der Waals surface area contributed by atoms with Crippen molar-refractivity contribution in [2.24, 2.45) is 16.3 Å². The van der Waals surface area contributed by atoms with E-state index in [4.69, 9.17) is 4.99 Å². The number of Topliss-reactive ketones (excluding diaryl/α,β-unsaturated/α-hetero) is 1. The number of carbonyl (C=O) groups is 1. The van der Waals surface area contributed by atoms with Gasteiger partial charge >= 0.3 is 0 Å². The minimum atomic E-state index is -0.314. The number of carbonyl (C=O) groups excluding carboxylic acids is 1. The summed E-state index contributed by atoms with van der Waals surface area (Å²) in [7, 11) is 0. The van der Waals surface area contributed by atoms with Crippen LogP contribution in [0.25, 0.3) is 0 Å². The summed E-state index contributed by atoms with van der Waals surface area (Å²) in [6.45, 7) is 4.22. The third-order valence-corrected chi connectivity index (χ3v) is 5.06. The van der Waals surface area contributed by atoms with Crippen molar-refractivity contribution in [3.8, 4) is 0 Å². The fourth-order valence-electron chi connectivity index (χ4n) is 3.96. The van der Waals surface area contributed by atoms with Crippen LogP contribution in [-0.2, 0) is 4.79 Å². The standard InChI is InChI=1S/C21H21FN2O/c1-21(2)11-17-19(18(25)12-21)20(13-7-9-14(22)10-8-13)24-16-6-4-3-5-15(16)23-17/h3-10,19-20,24H,11-12H2,1-2H3/t19?,20-/m1/s1. The van der Waals surface area contributed by atoms with Crippen molar-refractivity contribution in [2.45, 2.75) is 32.7 Å². The number of fused-ring (bicyclic) bond motifs is 2. The van der Waals surface area contributed by atoms with Gasteiger partial charge in [-0.25, -0.2) is 4.39 Å².